The van der Waals surface area contributed by atoms with Gasteiger partial charge in [-0.25, -0.2) is 13.2 Å². The first-order chi connectivity index (χ1) is 6.45. The molecular formula is C7H3ClF3NO2. The van der Waals surface area contributed by atoms with Gasteiger partial charge in [-0.15, -0.1) is 0 Å². The van der Waals surface area contributed by atoms with Gasteiger partial charge in [-0.05, 0) is 11.6 Å². The number of aromatic nitrogens is 1. The van der Waals surface area contributed by atoms with Crippen molar-refractivity contribution in [2.75, 3.05) is 0 Å². The molecule has 1 heterocycles. The molecule has 0 aliphatic rings. The van der Waals surface area contributed by atoms with Crippen molar-refractivity contribution >= 4 is 16.8 Å². The lowest BCUT2D eigenvalue weighted by atomic mass is 10.2. The summed E-state index contributed by atoms with van der Waals surface area (Å²) < 4.78 is 37.0. The molecule has 0 aromatic carbocycles. The summed E-state index contributed by atoms with van der Waals surface area (Å²) in [6.07, 6.45) is -2.64. The van der Waals surface area contributed by atoms with E-state index in [1.807, 2.05) is 0 Å². The van der Waals surface area contributed by atoms with E-state index >= 15 is 0 Å². The quantitative estimate of drug-likeness (QED) is 0.781. The van der Waals surface area contributed by atoms with E-state index in [4.69, 9.17) is 11.6 Å². The molecule has 7 heteroatoms. The SMILES string of the molecule is O=C(Cl)c1c(C(F)F)[nH]cc(F)c1=O. The molecule has 0 unspecified atom stereocenters. The zero-order valence-electron chi connectivity index (χ0n) is 6.48. The van der Waals surface area contributed by atoms with Gasteiger partial charge in [0.05, 0.1) is 5.69 Å². The first-order valence-corrected chi connectivity index (χ1v) is 3.72. The van der Waals surface area contributed by atoms with Crippen LogP contribution < -0.4 is 5.43 Å². The first kappa shape index (κ1) is 10.8. The van der Waals surface area contributed by atoms with Gasteiger partial charge in [0.25, 0.3) is 11.7 Å². The van der Waals surface area contributed by atoms with E-state index in [0.29, 0.717) is 6.20 Å². The molecule has 1 aromatic rings. The predicted molar refractivity (Wildman–Crippen MR) is 42.2 cm³/mol. The van der Waals surface area contributed by atoms with Crippen molar-refractivity contribution in [2.45, 2.75) is 6.43 Å². The van der Waals surface area contributed by atoms with Crippen molar-refractivity contribution in [1.29, 1.82) is 0 Å². The van der Waals surface area contributed by atoms with Gasteiger partial charge in [0.15, 0.2) is 5.82 Å². The summed E-state index contributed by atoms with van der Waals surface area (Å²) in [6.45, 7) is 0. The van der Waals surface area contributed by atoms with Crippen LogP contribution in [0.25, 0.3) is 0 Å². The molecule has 76 valence electrons. The van der Waals surface area contributed by atoms with Crippen LogP contribution in [0.3, 0.4) is 0 Å². The smallest absolute Gasteiger partial charge is 0.279 e. The number of aromatic amines is 1. The summed E-state index contributed by atoms with van der Waals surface area (Å²) in [7, 11) is 0. The number of hydrogen-bond acceptors (Lipinski definition) is 2. The Hall–Kier alpha value is -1.30. The van der Waals surface area contributed by atoms with Crippen LogP contribution in [0.4, 0.5) is 13.2 Å². The topological polar surface area (TPSA) is 49.9 Å². The summed E-state index contributed by atoms with van der Waals surface area (Å²) in [6, 6.07) is 0. The Kier molecular flexibility index (Phi) is 2.95. The normalized spacial score (nSPS) is 10.6. The molecule has 0 saturated carbocycles. The zero-order chi connectivity index (χ0) is 10.9. The largest absolute Gasteiger partial charge is 0.357 e. The third-order valence-corrected chi connectivity index (χ3v) is 1.67. The standard InChI is InChI=1S/C7H3ClF3NO2/c8-6(14)3-4(7(10)11)12-1-2(9)5(3)13/h1,7H,(H,12,13). The second kappa shape index (κ2) is 3.83. The van der Waals surface area contributed by atoms with E-state index in [-0.39, 0.29) is 0 Å². The van der Waals surface area contributed by atoms with Crippen LogP contribution in [-0.4, -0.2) is 10.2 Å². The highest BCUT2D eigenvalue weighted by atomic mass is 35.5. The average Bonchev–Trinajstić information content (AvgIpc) is 2.08. The lowest BCUT2D eigenvalue weighted by Gasteiger charge is -2.03. The Labute approximate surface area is 80.5 Å². The lowest BCUT2D eigenvalue weighted by Crippen LogP contribution is -2.19. The molecule has 0 aliphatic heterocycles. The maximum absolute atomic E-state index is 12.6. The summed E-state index contributed by atoms with van der Waals surface area (Å²) in [4.78, 5) is 23.3. The van der Waals surface area contributed by atoms with Gasteiger partial charge >= 0.3 is 0 Å². The van der Waals surface area contributed by atoms with Crippen LogP contribution in [0.5, 0.6) is 0 Å². The zero-order valence-corrected chi connectivity index (χ0v) is 7.24. The Morgan fingerprint density at radius 3 is 2.50 bits per heavy atom. The minimum atomic E-state index is -3.10. The van der Waals surface area contributed by atoms with Gasteiger partial charge in [-0.1, -0.05) is 0 Å². The monoisotopic (exact) mass is 225 g/mol. The van der Waals surface area contributed by atoms with Gasteiger partial charge in [0.1, 0.15) is 5.56 Å². The second-order valence-electron chi connectivity index (χ2n) is 2.33. The van der Waals surface area contributed by atoms with Crippen LogP contribution >= 0.6 is 11.6 Å². The number of carbonyl (C=O) groups excluding carboxylic acids is 1. The molecule has 0 saturated heterocycles. The van der Waals surface area contributed by atoms with Gasteiger partial charge in [0.2, 0.25) is 5.43 Å². The highest BCUT2D eigenvalue weighted by molar-refractivity contribution is 6.67. The average molecular weight is 226 g/mol. The Balaban J connectivity index is 3.54. The van der Waals surface area contributed by atoms with E-state index in [2.05, 4.69) is 0 Å². The van der Waals surface area contributed by atoms with Crippen molar-refractivity contribution in [1.82, 2.24) is 4.98 Å². The number of hydrogen-bond donors (Lipinski definition) is 1. The maximum Gasteiger partial charge on any atom is 0.279 e. The number of carbonyl (C=O) groups is 1. The second-order valence-corrected chi connectivity index (χ2v) is 2.67. The molecule has 0 atom stereocenters. The number of pyridine rings is 1. The maximum atomic E-state index is 12.6. The molecule has 0 spiro atoms. The van der Waals surface area contributed by atoms with Gasteiger partial charge in [0, 0.05) is 6.20 Å². The number of rotatable bonds is 2. The van der Waals surface area contributed by atoms with Crippen LogP contribution in [0, 0.1) is 5.82 Å². The highest BCUT2D eigenvalue weighted by Crippen LogP contribution is 2.19. The summed E-state index contributed by atoms with van der Waals surface area (Å²) in [5, 5.41) is -1.42. The van der Waals surface area contributed by atoms with Crippen molar-refractivity contribution in [3.63, 3.8) is 0 Å². The van der Waals surface area contributed by atoms with Crippen LogP contribution in [-0.2, 0) is 0 Å². The van der Waals surface area contributed by atoms with E-state index in [1.54, 1.807) is 4.98 Å². The van der Waals surface area contributed by atoms with E-state index in [1.165, 1.54) is 0 Å². The molecule has 1 rings (SSSR count). The lowest BCUT2D eigenvalue weighted by molar-refractivity contribution is 0.106. The Morgan fingerprint density at radius 1 is 1.50 bits per heavy atom. The van der Waals surface area contributed by atoms with Gasteiger partial charge in [-0.3, -0.25) is 9.59 Å². The van der Waals surface area contributed by atoms with Crippen molar-refractivity contribution in [3.05, 3.63) is 33.5 Å². The summed E-state index contributed by atoms with van der Waals surface area (Å²) in [5.41, 5.74) is -3.46. The Morgan fingerprint density at radius 2 is 2.07 bits per heavy atom. The van der Waals surface area contributed by atoms with Gasteiger partial charge in [-0.2, -0.15) is 0 Å². The predicted octanol–water partition coefficient (Wildman–Crippen LogP) is 1.83. The highest BCUT2D eigenvalue weighted by Gasteiger charge is 2.22. The third kappa shape index (κ3) is 1.79. The molecule has 0 aliphatic carbocycles. The molecule has 0 fully saturated rings. The molecule has 0 bridgehead atoms. The minimum absolute atomic E-state index is 0.452. The van der Waals surface area contributed by atoms with Crippen LogP contribution in [0.2, 0.25) is 0 Å². The molecule has 0 radical (unpaired) electrons. The fourth-order valence-corrected chi connectivity index (χ4v) is 1.08. The number of alkyl halides is 2. The third-order valence-electron chi connectivity index (χ3n) is 1.48. The molecule has 3 nitrogen and oxygen atoms in total. The van der Waals surface area contributed by atoms with Crippen molar-refractivity contribution in [2.24, 2.45) is 0 Å². The van der Waals surface area contributed by atoms with Gasteiger partial charge < -0.3 is 4.98 Å². The van der Waals surface area contributed by atoms with Crippen molar-refractivity contribution < 1.29 is 18.0 Å². The van der Waals surface area contributed by atoms with Crippen LogP contribution in [0.1, 0.15) is 22.5 Å². The summed E-state index contributed by atoms with van der Waals surface area (Å²) in [5.74, 6) is -1.33. The first-order valence-electron chi connectivity index (χ1n) is 3.34. The fraction of sp³-hybridized carbons (Fsp3) is 0.143. The number of nitrogens with one attached hydrogen (secondary N) is 1. The van der Waals surface area contributed by atoms with Crippen molar-refractivity contribution in [3.8, 4) is 0 Å². The molecule has 0 amide bonds. The number of halogens is 4. The fourth-order valence-electron chi connectivity index (χ4n) is 0.888. The molecular weight excluding hydrogens is 223 g/mol. The molecule has 1 aromatic heterocycles. The molecule has 14 heavy (non-hydrogen) atoms. The summed E-state index contributed by atoms with van der Waals surface area (Å²) >= 11 is 4.87. The number of H-pyrrole nitrogens is 1. The Bertz CT molecular complexity index is 429. The minimum Gasteiger partial charge on any atom is -0.357 e. The van der Waals surface area contributed by atoms with Crippen LogP contribution in [0.15, 0.2) is 11.0 Å². The van der Waals surface area contributed by atoms with E-state index < -0.39 is 34.2 Å². The molecule has 1 N–H and O–H groups in total. The van der Waals surface area contributed by atoms with E-state index in [9.17, 15) is 22.8 Å². The van der Waals surface area contributed by atoms with E-state index in [0.717, 1.165) is 0 Å².